The molecule has 5 heteroatoms. The second-order valence-corrected chi connectivity index (χ2v) is 2.51. The summed E-state index contributed by atoms with van der Waals surface area (Å²) in [4.78, 5) is 14.3. The van der Waals surface area contributed by atoms with Crippen molar-refractivity contribution < 1.29 is 14.3 Å². The van der Waals surface area contributed by atoms with Crippen molar-refractivity contribution in [2.75, 3.05) is 0 Å². The third-order valence-electron chi connectivity index (χ3n) is 1.58. The van der Waals surface area contributed by atoms with Crippen LogP contribution in [0.25, 0.3) is 0 Å². The first kappa shape index (κ1) is 8.73. The van der Waals surface area contributed by atoms with Gasteiger partial charge in [0.05, 0.1) is 5.69 Å². The van der Waals surface area contributed by atoms with Gasteiger partial charge in [0, 0.05) is 0 Å². The minimum atomic E-state index is -1.17. The summed E-state index contributed by atoms with van der Waals surface area (Å²) in [5, 5.41) is 8.51. The molecule has 1 heterocycles. The third kappa shape index (κ3) is 1.45. The van der Waals surface area contributed by atoms with Gasteiger partial charge in [-0.1, -0.05) is 0 Å². The van der Waals surface area contributed by atoms with E-state index in [2.05, 4.69) is 4.98 Å². The summed E-state index contributed by atoms with van der Waals surface area (Å²) in [6.45, 7) is 3.44. The number of carbonyl (C=O) groups is 1. The van der Waals surface area contributed by atoms with Crippen LogP contribution >= 0.6 is 0 Å². The number of carboxylic acid groups (broad SMARTS) is 1. The van der Waals surface area contributed by atoms with Gasteiger partial charge in [0.1, 0.15) is 5.76 Å². The number of carboxylic acids is 1. The normalized spacial score (nSPS) is 12.9. The Hall–Kier alpha value is -1.36. The molecule has 0 saturated carbocycles. The molecule has 1 unspecified atom stereocenters. The number of rotatable bonds is 2. The van der Waals surface area contributed by atoms with Gasteiger partial charge < -0.3 is 15.3 Å². The van der Waals surface area contributed by atoms with Crippen LogP contribution in [0.2, 0.25) is 0 Å². The molecule has 0 aliphatic carbocycles. The Morgan fingerprint density at radius 1 is 1.67 bits per heavy atom. The van der Waals surface area contributed by atoms with Gasteiger partial charge in [-0.05, 0) is 13.8 Å². The molecule has 1 rings (SSSR count). The first-order valence-electron chi connectivity index (χ1n) is 3.44. The van der Waals surface area contributed by atoms with Gasteiger partial charge in [0.15, 0.2) is 6.04 Å². The lowest BCUT2D eigenvalue weighted by molar-refractivity contribution is -0.139. The maximum atomic E-state index is 10.4. The fourth-order valence-corrected chi connectivity index (χ4v) is 0.736. The zero-order valence-corrected chi connectivity index (χ0v) is 6.87. The predicted molar refractivity (Wildman–Crippen MR) is 40.5 cm³/mol. The van der Waals surface area contributed by atoms with E-state index in [0.29, 0.717) is 11.5 Å². The van der Waals surface area contributed by atoms with E-state index in [1.165, 1.54) is 0 Å². The molecular formula is C7H10N2O3. The van der Waals surface area contributed by atoms with Gasteiger partial charge in [-0.2, -0.15) is 0 Å². The van der Waals surface area contributed by atoms with Crippen molar-refractivity contribution in [3.63, 3.8) is 0 Å². The molecule has 12 heavy (non-hydrogen) atoms. The molecule has 0 spiro atoms. The number of hydrogen-bond donors (Lipinski definition) is 2. The van der Waals surface area contributed by atoms with E-state index in [1.54, 1.807) is 13.8 Å². The van der Waals surface area contributed by atoms with Crippen LogP contribution in [0.5, 0.6) is 0 Å². The SMILES string of the molecule is Cc1nc(C(N)C(=O)O)oc1C. The van der Waals surface area contributed by atoms with E-state index in [0.717, 1.165) is 0 Å². The summed E-state index contributed by atoms with van der Waals surface area (Å²) < 4.78 is 5.02. The Bertz CT molecular complexity index is 286. The maximum absolute atomic E-state index is 10.4. The Morgan fingerprint density at radius 2 is 2.25 bits per heavy atom. The second-order valence-electron chi connectivity index (χ2n) is 2.51. The average Bonchev–Trinajstić information content (AvgIpc) is 2.30. The van der Waals surface area contributed by atoms with Crippen molar-refractivity contribution >= 4 is 5.97 Å². The van der Waals surface area contributed by atoms with Crippen molar-refractivity contribution in [1.82, 2.24) is 4.98 Å². The molecule has 0 amide bonds. The third-order valence-corrected chi connectivity index (χ3v) is 1.58. The number of aliphatic carboxylic acids is 1. The molecular weight excluding hydrogens is 160 g/mol. The van der Waals surface area contributed by atoms with E-state index in [4.69, 9.17) is 15.3 Å². The van der Waals surface area contributed by atoms with Crippen molar-refractivity contribution in [3.8, 4) is 0 Å². The number of nitrogens with zero attached hydrogens (tertiary/aromatic N) is 1. The molecule has 0 aliphatic heterocycles. The molecule has 0 fully saturated rings. The van der Waals surface area contributed by atoms with Crippen LogP contribution < -0.4 is 5.73 Å². The molecule has 0 radical (unpaired) electrons. The van der Waals surface area contributed by atoms with E-state index < -0.39 is 12.0 Å². The molecule has 1 atom stereocenters. The fraction of sp³-hybridized carbons (Fsp3) is 0.429. The van der Waals surface area contributed by atoms with Gasteiger partial charge >= 0.3 is 5.97 Å². The highest BCUT2D eigenvalue weighted by atomic mass is 16.4. The summed E-state index contributed by atoms with van der Waals surface area (Å²) in [5.74, 6) is -0.490. The van der Waals surface area contributed by atoms with Gasteiger partial charge in [-0.15, -0.1) is 0 Å². The quantitative estimate of drug-likeness (QED) is 0.669. The van der Waals surface area contributed by atoms with Crippen LogP contribution in [0, 0.1) is 13.8 Å². The maximum Gasteiger partial charge on any atom is 0.330 e. The van der Waals surface area contributed by atoms with E-state index >= 15 is 0 Å². The molecule has 0 bridgehead atoms. The van der Waals surface area contributed by atoms with Gasteiger partial charge in [-0.3, -0.25) is 0 Å². The summed E-state index contributed by atoms with van der Waals surface area (Å²) >= 11 is 0. The molecule has 5 nitrogen and oxygen atoms in total. The Balaban J connectivity index is 2.96. The minimum absolute atomic E-state index is 0.0532. The monoisotopic (exact) mass is 170 g/mol. The lowest BCUT2D eigenvalue weighted by atomic mass is 10.3. The van der Waals surface area contributed by atoms with E-state index in [9.17, 15) is 4.79 Å². The molecule has 0 aromatic carbocycles. The Kier molecular flexibility index (Phi) is 2.14. The van der Waals surface area contributed by atoms with Crippen LogP contribution in [-0.2, 0) is 4.79 Å². The summed E-state index contributed by atoms with van der Waals surface area (Å²) in [7, 11) is 0. The molecule has 0 saturated heterocycles. The number of aryl methyl sites for hydroxylation is 2. The molecule has 3 N–H and O–H groups in total. The standard InChI is InChI=1S/C7H10N2O3/c1-3-4(2)12-6(9-3)5(8)7(10)11/h5H,8H2,1-2H3,(H,10,11). The lowest BCUT2D eigenvalue weighted by Gasteiger charge is -1.98. The molecule has 1 aromatic heterocycles. The minimum Gasteiger partial charge on any atom is -0.480 e. The highest BCUT2D eigenvalue weighted by molar-refractivity contribution is 5.73. The highest BCUT2D eigenvalue weighted by Gasteiger charge is 2.20. The number of oxazole rings is 1. The van der Waals surface area contributed by atoms with Crippen molar-refractivity contribution in [3.05, 3.63) is 17.3 Å². The van der Waals surface area contributed by atoms with Crippen molar-refractivity contribution in [1.29, 1.82) is 0 Å². The molecule has 1 aromatic rings. The summed E-state index contributed by atoms with van der Waals surface area (Å²) in [6.07, 6.45) is 0. The van der Waals surface area contributed by atoms with Crippen LogP contribution in [-0.4, -0.2) is 16.1 Å². The first-order valence-corrected chi connectivity index (χ1v) is 3.44. The summed E-state index contributed by atoms with van der Waals surface area (Å²) in [6, 6.07) is -1.17. The lowest BCUT2D eigenvalue weighted by Crippen LogP contribution is -2.20. The predicted octanol–water partition coefficient (Wildman–Crippen LogP) is 0.376. The van der Waals surface area contributed by atoms with Crippen molar-refractivity contribution in [2.45, 2.75) is 19.9 Å². The number of hydrogen-bond acceptors (Lipinski definition) is 4. The van der Waals surface area contributed by atoms with Gasteiger partial charge in [0.2, 0.25) is 5.89 Å². The largest absolute Gasteiger partial charge is 0.480 e. The second kappa shape index (κ2) is 2.94. The van der Waals surface area contributed by atoms with Crippen LogP contribution in [0.4, 0.5) is 0 Å². The van der Waals surface area contributed by atoms with Gasteiger partial charge in [0.25, 0.3) is 0 Å². The first-order chi connectivity index (χ1) is 5.52. The number of aromatic nitrogens is 1. The van der Waals surface area contributed by atoms with E-state index in [1.807, 2.05) is 0 Å². The Morgan fingerprint density at radius 3 is 2.58 bits per heavy atom. The molecule has 0 aliphatic rings. The van der Waals surface area contributed by atoms with Crippen LogP contribution in [0.1, 0.15) is 23.4 Å². The summed E-state index contributed by atoms with van der Waals surface area (Å²) in [5.41, 5.74) is 5.93. The zero-order valence-electron chi connectivity index (χ0n) is 6.87. The van der Waals surface area contributed by atoms with Gasteiger partial charge in [-0.25, -0.2) is 9.78 Å². The Labute approximate surface area is 69.2 Å². The fourth-order valence-electron chi connectivity index (χ4n) is 0.736. The average molecular weight is 170 g/mol. The zero-order chi connectivity index (χ0) is 9.30. The number of nitrogens with two attached hydrogens (primary N) is 1. The van der Waals surface area contributed by atoms with Crippen LogP contribution in [0.15, 0.2) is 4.42 Å². The van der Waals surface area contributed by atoms with E-state index in [-0.39, 0.29) is 5.89 Å². The topological polar surface area (TPSA) is 89.3 Å². The van der Waals surface area contributed by atoms with Crippen molar-refractivity contribution in [2.24, 2.45) is 5.73 Å². The smallest absolute Gasteiger partial charge is 0.330 e. The highest BCUT2D eigenvalue weighted by Crippen LogP contribution is 2.13. The van der Waals surface area contributed by atoms with Crippen LogP contribution in [0.3, 0.4) is 0 Å². The molecule has 66 valence electrons.